The molecule has 0 aromatic heterocycles. The number of non-ortho nitro benzene ring substituents is 1. The van der Waals surface area contributed by atoms with Crippen LogP contribution < -0.4 is 5.11 Å². The Balaban J connectivity index is 2.22. The van der Waals surface area contributed by atoms with Gasteiger partial charge >= 0.3 is 0 Å². The third kappa shape index (κ3) is 3.88. The smallest absolute Gasteiger partial charge is 0.270 e. The first-order valence-electron chi connectivity index (χ1n) is 6.21. The topological polar surface area (TPSA) is 78.6 Å². The first-order chi connectivity index (χ1) is 9.97. The van der Waals surface area contributed by atoms with Crippen molar-refractivity contribution in [2.75, 3.05) is 0 Å². The lowest BCUT2D eigenvalue weighted by atomic mass is 10.1. The largest absolute Gasteiger partial charge is 0.872 e. The van der Waals surface area contributed by atoms with Crippen molar-refractivity contribution in [1.29, 1.82) is 0 Å². The summed E-state index contributed by atoms with van der Waals surface area (Å²) in [5.41, 5.74) is 1.09. The normalized spacial score (nSPS) is 12.5. The van der Waals surface area contributed by atoms with Gasteiger partial charge in [-0.15, -0.1) is 0 Å². The van der Waals surface area contributed by atoms with E-state index in [1.807, 2.05) is 31.2 Å². The van der Waals surface area contributed by atoms with Gasteiger partial charge in [0, 0.05) is 22.8 Å². The zero-order valence-corrected chi connectivity index (χ0v) is 12.8. The molecule has 0 aliphatic rings. The molecule has 2 aromatic rings. The van der Waals surface area contributed by atoms with Crippen LogP contribution in [0.25, 0.3) is 0 Å². The Morgan fingerprint density at radius 3 is 2.52 bits per heavy atom. The molecular weight excluding hydrogens is 336 g/mol. The summed E-state index contributed by atoms with van der Waals surface area (Å²) in [4.78, 5) is 14.5. The molecular formula is C15H12BrN2O3-. The number of rotatable bonds is 4. The van der Waals surface area contributed by atoms with Gasteiger partial charge in [-0.05, 0) is 30.2 Å². The van der Waals surface area contributed by atoms with Crippen LogP contribution >= 0.6 is 15.9 Å². The van der Waals surface area contributed by atoms with Gasteiger partial charge in [-0.25, -0.2) is 0 Å². The van der Waals surface area contributed by atoms with Gasteiger partial charge in [0.05, 0.1) is 11.0 Å². The minimum atomic E-state index is -0.533. The van der Waals surface area contributed by atoms with Crippen molar-refractivity contribution in [2.24, 2.45) is 4.99 Å². The summed E-state index contributed by atoms with van der Waals surface area (Å²) in [6, 6.07) is 11.1. The predicted molar refractivity (Wildman–Crippen MR) is 82.7 cm³/mol. The van der Waals surface area contributed by atoms with Gasteiger partial charge in [0.1, 0.15) is 0 Å². The molecule has 0 spiro atoms. The van der Waals surface area contributed by atoms with E-state index in [9.17, 15) is 15.2 Å². The van der Waals surface area contributed by atoms with E-state index in [0.29, 0.717) is 0 Å². The first-order valence-corrected chi connectivity index (χ1v) is 7.01. The van der Waals surface area contributed by atoms with Crippen LogP contribution in [0.3, 0.4) is 0 Å². The molecule has 2 rings (SSSR count). The van der Waals surface area contributed by atoms with Crippen LogP contribution in [0.2, 0.25) is 0 Å². The van der Waals surface area contributed by atoms with E-state index in [2.05, 4.69) is 20.9 Å². The molecule has 0 fully saturated rings. The highest BCUT2D eigenvalue weighted by Gasteiger charge is 2.06. The monoisotopic (exact) mass is 347 g/mol. The second kappa shape index (κ2) is 6.49. The van der Waals surface area contributed by atoms with E-state index >= 15 is 0 Å². The summed E-state index contributed by atoms with van der Waals surface area (Å²) in [7, 11) is 0. The Bertz CT molecular complexity index is 684. The van der Waals surface area contributed by atoms with Crippen molar-refractivity contribution in [3.8, 4) is 5.75 Å². The minimum absolute atomic E-state index is 0.118. The van der Waals surface area contributed by atoms with Gasteiger partial charge in [-0.3, -0.25) is 15.1 Å². The van der Waals surface area contributed by atoms with Crippen LogP contribution in [0, 0.1) is 10.1 Å². The molecule has 0 bridgehead atoms. The Kier molecular flexibility index (Phi) is 4.70. The fraction of sp³-hybridized carbons (Fsp3) is 0.133. The van der Waals surface area contributed by atoms with Crippen molar-refractivity contribution in [3.05, 3.63) is 68.2 Å². The standard InChI is InChI=1S/C15H13BrN2O3/c1-10(11-2-4-13(16)5-3-11)17-9-12-8-14(18(20)21)6-7-15(12)19/h2-10,19H,1H3/p-1/t10-/m0/s1. The van der Waals surface area contributed by atoms with Crippen LogP contribution in [0.4, 0.5) is 5.69 Å². The molecule has 5 nitrogen and oxygen atoms in total. The maximum Gasteiger partial charge on any atom is 0.270 e. The Labute approximate surface area is 130 Å². The zero-order valence-electron chi connectivity index (χ0n) is 11.2. The van der Waals surface area contributed by atoms with Gasteiger partial charge in [-0.1, -0.05) is 39.9 Å². The average molecular weight is 348 g/mol. The quantitative estimate of drug-likeness (QED) is 0.481. The van der Waals surface area contributed by atoms with Crippen molar-refractivity contribution in [1.82, 2.24) is 0 Å². The number of nitro benzene ring substituents is 1. The summed E-state index contributed by atoms with van der Waals surface area (Å²) in [6.45, 7) is 1.89. The molecule has 0 radical (unpaired) electrons. The van der Waals surface area contributed by atoms with Gasteiger partial charge in [0.15, 0.2) is 0 Å². The SMILES string of the molecule is C[C@H](N=Cc1cc([N+](=O)[O-])ccc1[O-])c1ccc(Br)cc1. The third-order valence-electron chi connectivity index (χ3n) is 2.99. The maximum absolute atomic E-state index is 11.7. The van der Waals surface area contributed by atoms with Crippen molar-refractivity contribution < 1.29 is 10.0 Å². The number of hydrogen-bond acceptors (Lipinski definition) is 4. The van der Waals surface area contributed by atoms with E-state index in [1.165, 1.54) is 24.4 Å². The molecule has 6 heteroatoms. The van der Waals surface area contributed by atoms with Crippen molar-refractivity contribution >= 4 is 27.8 Å². The molecule has 0 N–H and O–H groups in total. The van der Waals surface area contributed by atoms with Crippen molar-refractivity contribution in [3.63, 3.8) is 0 Å². The summed E-state index contributed by atoms with van der Waals surface area (Å²) < 4.78 is 0.975. The summed E-state index contributed by atoms with van der Waals surface area (Å²) in [6.07, 6.45) is 1.39. The number of benzene rings is 2. The lowest BCUT2D eigenvalue weighted by Gasteiger charge is -2.10. The molecule has 2 aromatic carbocycles. The highest BCUT2D eigenvalue weighted by molar-refractivity contribution is 9.10. The van der Waals surface area contributed by atoms with Crippen LogP contribution in [-0.2, 0) is 0 Å². The predicted octanol–water partition coefficient (Wildman–Crippen LogP) is 3.61. The molecule has 0 aliphatic heterocycles. The number of halogens is 1. The second-order valence-corrected chi connectivity index (χ2v) is 5.40. The Morgan fingerprint density at radius 2 is 1.90 bits per heavy atom. The zero-order chi connectivity index (χ0) is 15.4. The summed E-state index contributed by atoms with van der Waals surface area (Å²) in [5, 5.41) is 22.4. The molecule has 0 unspecified atom stereocenters. The first kappa shape index (κ1) is 15.2. The van der Waals surface area contributed by atoms with Gasteiger partial charge in [-0.2, -0.15) is 0 Å². The van der Waals surface area contributed by atoms with E-state index in [0.717, 1.165) is 10.0 Å². The minimum Gasteiger partial charge on any atom is -0.872 e. The highest BCUT2D eigenvalue weighted by Crippen LogP contribution is 2.22. The number of hydrogen-bond donors (Lipinski definition) is 0. The van der Waals surface area contributed by atoms with Crippen LogP contribution in [0.5, 0.6) is 5.75 Å². The van der Waals surface area contributed by atoms with Crippen molar-refractivity contribution in [2.45, 2.75) is 13.0 Å². The summed E-state index contributed by atoms with van der Waals surface area (Å²) >= 11 is 3.36. The summed E-state index contributed by atoms with van der Waals surface area (Å²) in [5.74, 6) is -0.285. The van der Waals surface area contributed by atoms with Crippen LogP contribution in [0.15, 0.2) is 51.9 Å². The molecule has 0 saturated carbocycles. The lowest BCUT2D eigenvalue weighted by molar-refractivity contribution is -0.385. The third-order valence-corrected chi connectivity index (χ3v) is 3.52. The Hall–Kier alpha value is -2.21. The molecule has 108 valence electrons. The van der Waals surface area contributed by atoms with E-state index < -0.39 is 4.92 Å². The molecule has 0 heterocycles. The molecule has 21 heavy (non-hydrogen) atoms. The van der Waals surface area contributed by atoms with E-state index in [-0.39, 0.29) is 23.0 Å². The van der Waals surface area contributed by atoms with Gasteiger partial charge < -0.3 is 5.11 Å². The second-order valence-electron chi connectivity index (χ2n) is 4.48. The fourth-order valence-electron chi connectivity index (χ4n) is 1.77. The molecule has 0 aliphatic carbocycles. The van der Waals surface area contributed by atoms with Crippen LogP contribution in [0.1, 0.15) is 24.1 Å². The van der Waals surface area contributed by atoms with E-state index in [1.54, 1.807) is 0 Å². The fourth-order valence-corrected chi connectivity index (χ4v) is 2.03. The Morgan fingerprint density at radius 1 is 1.24 bits per heavy atom. The highest BCUT2D eigenvalue weighted by atomic mass is 79.9. The lowest BCUT2D eigenvalue weighted by Crippen LogP contribution is -1.99. The number of nitro groups is 1. The maximum atomic E-state index is 11.7. The average Bonchev–Trinajstić information content (AvgIpc) is 2.46. The van der Waals surface area contributed by atoms with E-state index in [4.69, 9.17) is 0 Å². The molecule has 1 atom stereocenters. The van der Waals surface area contributed by atoms with Gasteiger partial charge in [0.2, 0.25) is 0 Å². The molecule has 0 saturated heterocycles. The van der Waals surface area contributed by atoms with Gasteiger partial charge in [0.25, 0.3) is 5.69 Å². The molecule has 0 amide bonds. The van der Waals surface area contributed by atoms with Crippen LogP contribution in [-0.4, -0.2) is 11.1 Å². The number of aliphatic imine (C=N–C) groups is 1. The number of nitrogens with zero attached hydrogens (tertiary/aromatic N) is 2.